The Hall–Kier alpha value is -1.47. The van der Waals surface area contributed by atoms with Gasteiger partial charge in [-0.25, -0.2) is 4.68 Å². The topological polar surface area (TPSA) is 64.3 Å². The normalized spacial score (nSPS) is 16.9. The molecular formula is C10H9N3O2S2. The quantitative estimate of drug-likeness (QED) is 0.727. The predicted molar refractivity (Wildman–Crippen MR) is 65.1 cm³/mol. The van der Waals surface area contributed by atoms with E-state index in [4.69, 9.17) is 0 Å². The molecule has 0 amide bonds. The van der Waals surface area contributed by atoms with Crippen molar-refractivity contribution in [1.29, 1.82) is 0 Å². The summed E-state index contributed by atoms with van der Waals surface area (Å²) in [5, 5.41) is 6.02. The number of hydrogen-bond donors (Lipinski definition) is 0. The van der Waals surface area contributed by atoms with E-state index in [2.05, 4.69) is 9.50 Å². The van der Waals surface area contributed by atoms with Crippen molar-refractivity contribution in [2.24, 2.45) is 4.40 Å². The van der Waals surface area contributed by atoms with Gasteiger partial charge >= 0.3 is 0 Å². The number of rotatable bonds is 0. The summed E-state index contributed by atoms with van der Waals surface area (Å²) in [6.45, 7) is 3.74. The molecule has 3 rings (SSSR count). The second kappa shape index (κ2) is 3.27. The Morgan fingerprint density at radius 3 is 2.76 bits per heavy atom. The first-order valence-corrected chi connectivity index (χ1v) is 7.27. The molecule has 0 bridgehead atoms. The lowest BCUT2D eigenvalue weighted by atomic mass is 10.4. The van der Waals surface area contributed by atoms with Crippen molar-refractivity contribution < 1.29 is 8.42 Å². The maximum absolute atomic E-state index is 11.8. The molecule has 88 valence electrons. The fourth-order valence-corrected chi connectivity index (χ4v) is 4.27. The monoisotopic (exact) mass is 267 g/mol. The van der Waals surface area contributed by atoms with E-state index in [1.807, 2.05) is 19.9 Å². The van der Waals surface area contributed by atoms with Crippen molar-refractivity contribution >= 4 is 27.2 Å². The number of aryl methyl sites for hydroxylation is 2. The minimum atomic E-state index is -3.53. The van der Waals surface area contributed by atoms with Crippen LogP contribution in [0.15, 0.2) is 26.8 Å². The fraction of sp³-hybridized carbons (Fsp3) is 0.200. The maximum atomic E-state index is 11.8. The molecule has 2 aromatic rings. The zero-order valence-electron chi connectivity index (χ0n) is 9.21. The molecule has 0 spiro atoms. The third-order valence-electron chi connectivity index (χ3n) is 2.53. The minimum absolute atomic E-state index is 0.282. The first kappa shape index (κ1) is 10.7. The van der Waals surface area contributed by atoms with Crippen molar-refractivity contribution in [1.82, 2.24) is 9.78 Å². The molecule has 0 fully saturated rings. The van der Waals surface area contributed by atoms with Crippen LogP contribution in [0.4, 0.5) is 0 Å². The average molecular weight is 267 g/mol. The maximum Gasteiger partial charge on any atom is 0.285 e. The van der Waals surface area contributed by atoms with E-state index in [0.717, 1.165) is 11.4 Å². The third kappa shape index (κ3) is 1.46. The molecule has 1 aliphatic heterocycles. The van der Waals surface area contributed by atoms with Gasteiger partial charge in [-0.15, -0.1) is 15.7 Å². The van der Waals surface area contributed by atoms with Gasteiger partial charge in [-0.2, -0.15) is 13.5 Å². The van der Waals surface area contributed by atoms with Crippen LogP contribution < -0.4 is 0 Å². The summed E-state index contributed by atoms with van der Waals surface area (Å²) in [7, 11) is -3.53. The molecule has 17 heavy (non-hydrogen) atoms. The summed E-state index contributed by atoms with van der Waals surface area (Å²) < 4.78 is 29.0. The molecule has 0 aliphatic carbocycles. The Labute approximate surface area is 102 Å². The number of thiophene rings is 1. The van der Waals surface area contributed by atoms with Crippen molar-refractivity contribution in [3.05, 3.63) is 33.8 Å². The van der Waals surface area contributed by atoms with Gasteiger partial charge in [0.15, 0.2) is 5.84 Å². The molecule has 0 radical (unpaired) electrons. The van der Waals surface area contributed by atoms with E-state index in [1.54, 1.807) is 16.1 Å². The first-order valence-electron chi connectivity index (χ1n) is 4.95. The van der Waals surface area contributed by atoms with Gasteiger partial charge in [0.1, 0.15) is 4.90 Å². The van der Waals surface area contributed by atoms with Gasteiger partial charge in [-0.05, 0) is 31.4 Å². The SMILES string of the molecule is Cc1cc(C)n(C2=NS(=O)(=O)c3ccsc32)n1. The third-order valence-corrected chi connectivity index (χ3v) is 4.88. The summed E-state index contributed by atoms with van der Waals surface area (Å²) in [6.07, 6.45) is 0. The van der Waals surface area contributed by atoms with E-state index in [0.29, 0.717) is 10.7 Å². The molecule has 0 saturated carbocycles. The summed E-state index contributed by atoms with van der Waals surface area (Å²) in [4.78, 5) is 0.946. The van der Waals surface area contributed by atoms with Crippen LogP contribution in [-0.2, 0) is 10.0 Å². The first-order chi connectivity index (χ1) is 7.99. The van der Waals surface area contributed by atoms with Crippen LogP contribution in [0.3, 0.4) is 0 Å². The second-order valence-corrected chi connectivity index (χ2v) is 6.33. The Morgan fingerprint density at radius 1 is 1.35 bits per heavy atom. The summed E-state index contributed by atoms with van der Waals surface area (Å²) in [5.74, 6) is 0.403. The summed E-state index contributed by atoms with van der Waals surface area (Å²) in [6, 6.07) is 3.47. The predicted octanol–water partition coefficient (Wildman–Crippen LogP) is 1.56. The molecule has 0 saturated heterocycles. The lowest BCUT2D eigenvalue weighted by Gasteiger charge is -2.01. The van der Waals surface area contributed by atoms with Crippen LogP contribution in [0.25, 0.3) is 0 Å². The van der Waals surface area contributed by atoms with Crippen molar-refractivity contribution in [2.75, 3.05) is 0 Å². The number of hydrogen-bond acceptors (Lipinski definition) is 4. The Bertz CT molecular complexity index is 737. The fourth-order valence-electron chi connectivity index (χ4n) is 1.85. The average Bonchev–Trinajstić information content (AvgIpc) is 2.85. The highest BCUT2D eigenvalue weighted by Crippen LogP contribution is 2.31. The van der Waals surface area contributed by atoms with E-state index in [1.165, 1.54) is 11.3 Å². The van der Waals surface area contributed by atoms with Crippen LogP contribution >= 0.6 is 11.3 Å². The van der Waals surface area contributed by atoms with Crippen molar-refractivity contribution in [3.63, 3.8) is 0 Å². The molecule has 0 atom stereocenters. The van der Waals surface area contributed by atoms with Crippen LogP contribution in [-0.4, -0.2) is 24.0 Å². The molecule has 0 N–H and O–H groups in total. The standard InChI is InChI=1S/C10H9N3O2S2/c1-6-5-7(2)13(11-6)10-9-8(3-4-16-9)17(14,15)12-10/h3-5H,1-2H3. The van der Waals surface area contributed by atoms with Crippen molar-refractivity contribution in [2.45, 2.75) is 18.7 Å². The number of fused-ring (bicyclic) bond motifs is 1. The van der Waals surface area contributed by atoms with E-state index < -0.39 is 10.0 Å². The highest BCUT2D eigenvalue weighted by molar-refractivity contribution is 7.91. The van der Waals surface area contributed by atoms with Gasteiger partial charge in [0.25, 0.3) is 10.0 Å². The number of sulfonamides is 1. The Morgan fingerprint density at radius 2 is 2.12 bits per heavy atom. The van der Waals surface area contributed by atoms with Crippen LogP contribution in [0.5, 0.6) is 0 Å². The van der Waals surface area contributed by atoms with Gasteiger partial charge in [-0.1, -0.05) is 0 Å². The van der Waals surface area contributed by atoms with E-state index in [-0.39, 0.29) is 4.90 Å². The number of nitrogens with zero attached hydrogens (tertiary/aromatic N) is 3. The molecule has 5 nitrogen and oxygen atoms in total. The highest BCUT2D eigenvalue weighted by atomic mass is 32.2. The van der Waals surface area contributed by atoms with E-state index in [9.17, 15) is 8.42 Å². The molecular weight excluding hydrogens is 258 g/mol. The molecule has 1 aliphatic rings. The van der Waals surface area contributed by atoms with E-state index >= 15 is 0 Å². The number of aromatic nitrogens is 2. The highest BCUT2D eigenvalue weighted by Gasteiger charge is 2.32. The molecule has 3 heterocycles. The lowest BCUT2D eigenvalue weighted by molar-refractivity contribution is 0.599. The molecule has 2 aromatic heterocycles. The molecule has 0 aromatic carbocycles. The minimum Gasteiger partial charge on any atom is -0.217 e. The molecule has 0 unspecified atom stereocenters. The van der Waals surface area contributed by atoms with Crippen molar-refractivity contribution in [3.8, 4) is 0 Å². The van der Waals surface area contributed by atoms with Crippen LogP contribution in [0, 0.1) is 13.8 Å². The van der Waals surface area contributed by atoms with Gasteiger partial charge in [0.2, 0.25) is 0 Å². The Kier molecular flexibility index (Phi) is 2.05. The van der Waals surface area contributed by atoms with Crippen LogP contribution in [0.1, 0.15) is 16.3 Å². The molecule has 7 heteroatoms. The zero-order valence-corrected chi connectivity index (χ0v) is 10.8. The van der Waals surface area contributed by atoms with Gasteiger partial charge in [-0.3, -0.25) is 0 Å². The van der Waals surface area contributed by atoms with Gasteiger partial charge < -0.3 is 0 Å². The largest absolute Gasteiger partial charge is 0.285 e. The lowest BCUT2D eigenvalue weighted by Crippen LogP contribution is -2.13. The summed E-state index contributed by atoms with van der Waals surface area (Å²) >= 11 is 1.36. The smallest absolute Gasteiger partial charge is 0.217 e. The Balaban J connectivity index is 2.29. The van der Waals surface area contributed by atoms with Gasteiger partial charge in [0.05, 0.1) is 10.6 Å². The summed E-state index contributed by atoms with van der Waals surface area (Å²) in [5.41, 5.74) is 1.71. The second-order valence-electron chi connectivity index (χ2n) is 3.84. The van der Waals surface area contributed by atoms with Gasteiger partial charge in [0, 0.05) is 5.69 Å². The zero-order chi connectivity index (χ0) is 12.2. The van der Waals surface area contributed by atoms with Crippen LogP contribution in [0.2, 0.25) is 0 Å².